The molecule has 0 unspecified atom stereocenters. The van der Waals surface area contributed by atoms with Crippen molar-refractivity contribution in [1.29, 1.82) is 0 Å². The summed E-state index contributed by atoms with van der Waals surface area (Å²) < 4.78 is 0. The highest BCUT2D eigenvalue weighted by atomic mass is 35.5. The van der Waals surface area contributed by atoms with Crippen molar-refractivity contribution in [3.63, 3.8) is 0 Å². The molecular weight excluding hydrogens is 159 g/mol. The van der Waals surface area contributed by atoms with E-state index >= 15 is 0 Å². The first kappa shape index (κ1) is 12.0. The third-order valence-electron chi connectivity index (χ3n) is 0.669. The molecule has 0 bridgehead atoms. The summed E-state index contributed by atoms with van der Waals surface area (Å²) in [6, 6.07) is 0. The van der Waals surface area contributed by atoms with Crippen molar-refractivity contribution >= 4 is 29.3 Å². The molecule has 0 saturated heterocycles. The van der Waals surface area contributed by atoms with Crippen LogP contribution in [-0.4, -0.2) is 5.24 Å². The summed E-state index contributed by atoms with van der Waals surface area (Å²) in [6.45, 7) is 5.94. The van der Waals surface area contributed by atoms with Crippen LogP contribution in [0.15, 0.2) is 0 Å². The molecule has 56 valence electrons. The Hall–Kier alpha value is 0.250. The van der Waals surface area contributed by atoms with Crippen LogP contribution in [0.3, 0.4) is 0 Å². The first-order valence-electron chi connectivity index (χ1n) is 2.60. The van der Waals surface area contributed by atoms with E-state index in [0.29, 0.717) is 6.42 Å². The van der Waals surface area contributed by atoms with Crippen LogP contribution in [0.2, 0.25) is 0 Å². The van der Waals surface area contributed by atoms with Crippen LogP contribution in [0.25, 0.3) is 0 Å². The monoisotopic (exact) mass is 170 g/mol. The van der Waals surface area contributed by atoms with Crippen LogP contribution in [0.1, 0.15) is 27.2 Å². The lowest BCUT2D eigenvalue weighted by molar-refractivity contribution is -0.113. The highest BCUT2D eigenvalue weighted by molar-refractivity contribution is 6.63. The zero-order valence-corrected chi connectivity index (χ0v) is 7.47. The molecule has 0 saturated carbocycles. The number of halogens is 2. The van der Waals surface area contributed by atoms with E-state index in [1.54, 1.807) is 0 Å². The predicted molar refractivity (Wildman–Crippen MR) is 42.2 cm³/mol. The van der Waals surface area contributed by atoms with E-state index in [9.17, 15) is 4.79 Å². The van der Waals surface area contributed by atoms with Gasteiger partial charge in [-0.3, -0.25) is 4.79 Å². The maximum Gasteiger partial charge on any atom is 0.222 e. The Kier molecular flexibility index (Phi) is 5.49. The number of carbonyl (C=O) groups is 1. The minimum atomic E-state index is -0.252. The van der Waals surface area contributed by atoms with Crippen molar-refractivity contribution in [3.05, 3.63) is 0 Å². The number of hydrogen-bond acceptors (Lipinski definition) is 1. The van der Waals surface area contributed by atoms with Crippen molar-refractivity contribution in [3.8, 4) is 0 Å². The van der Waals surface area contributed by atoms with Crippen LogP contribution >= 0.6 is 24.0 Å². The van der Waals surface area contributed by atoms with Gasteiger partial charge < -0.3 is 0 Å². The minimum absolute atomic E-state index is 0. The Morgan fingerprint density at radius 2 is 1.78 bits per heavy atom. The van der Waals surface area contributed by atoms with Crippen molar-refractivity contribution in [1.82, 2.24) is 0 Å². The van der Waals surface area contributed by atoms with Crippen LogP contribution in [0.4, 0.5) is 0 Å². The summed E-state index contributed by atoms with van der Waals surface area (Å²) in [5, 5.41) is -0.252. The smallest absolute Gasteiger partial charge is 0.222 e. The predicted octanol–water partition coefficient (Wildman–Crippen LogP) is 2.61. The largest absolute Gasteiger partial charge is 0.281 e. The van der Waals surface area contributed by atoms with Gasteiger partial charge in [-0.15, -0.1) is 12.4 Å². The lowest BCUT2D eigenvalue weighted by atomic mass is 9.93. The van der Waals surface area contributed by atoms with Gasteiger partial charge in [0.1, 0.15) is 0 Å². The van der Waals surface area contributed by atoms with E-state index in [0.717, 1.165) is 0 Å². The molecule has 0 aliphatic rings. The topological polar surface area (TPSA) is 17.1 Å². The van der Waals surface area contributed by atoms with Gasteiger partial charge in [0.25, 0.3) is 0 Å². The molecule has 0 amide bonds. The second-order valence-corrected chi connectivity index (χ2v) is 3.51. The van der Waals surface area contributed by atoms with E-state index < -0.39 is 0 Å². The number of rotatable bonds is 1. The molecule has 0 rings (SSSR count). The second-order valence-electron chi connectivity index (χ2n) is 3.09. The fraction of sp³-hybridized carbons (Fsp3) is 0.833. The van der Waals surface area contributed by atoms with Gasteiger partial charge in [0, 0.05) is 6.42 Å². The van der Waals surface area contributed by atoms with E-state index in [-0.39, 0.29) is 23.1 Å². The van der Waals surface area contributed by atoms with Gasteiger partial charge in [0.2, 0.25) is 5.24 Å². The molecule has 0 aromatic rings. The van der Waals surface area contributed by atoms with Crippen LogP contribution in [0, 0.1) is 5.41 Å². The van der Waals surface area contributed by atoms with Crippen molar-refractivity contribution in [2.45, 2.75) is 27.2 Å². The van der Waals surface area contributed by atoms with Crippen LogP contribution < -0.4 is 0 Å². The Morgan fingerprint density at radius 1 is 1.44 bits per heavy atom. The van der Waals surface area contributed by atoms with E-state index in [4.69, 9.17) is 11.6 Å². The molecule has 1 nitrogen and oxygen atoms in total. The molecule has 0 atom stereocenters. The van der Waals surface area contributed by atoms with Crippen molar-refractivity contribution in [2.24, 2.45) is 5.41 Å². The first-order chi connectivity index (χ1) is 3.42. The highest BCUT2D eigenvalue weighted by Gasteiger charge is 2.13. The minimum Gasteiger partial charge on any atom is -0.281 e. The summed E-state index contributed by atoms with van der Waals surface area (Å²) in [5.41, 5.74) is 0.0405. The number of carbonyl (C=O) groups excluding carboxylic acids is 1. The number of hydrogen-bond donors (Lipinski definition) is 0. The van der Waals surface area contributed by atoms with Gasteiger partial charge in [0.05, 0.1) is 0 Å². The van der Waals surface area contributed by atoms with Crippen molar-refractivity contribution < 1.29 is 4.79 Å². The standard InChI is InChI=1S/C6H11ClO.ClH/c1-6(2,3)4-5(7)8;/h4H2,1-3H3;1H. The Bertz CT molecular complexity index is 93.7. The summed E-state index contributed by atoms with van der Waals surface area (Å²) in [5.74, 6) is 0. The summed E-state index contributed by atoms with van der Waals surface area (Å²) >= 11 is 5.12. The lowest BCUT2D eigenvalue weighted by Gasteiger charge is -2.13. The molecule has 0 radical (unpaired) electrons. The SMILES string of the molecule is CC(C)(C)CC(=O)Cl.Cl. The maximum absolute atomic E-state index is 10.2. The Labute approximate surface area is 67.2 Å². The van der Waals surface area contributed by atoms with Gasteiger partial charge in [-0.2, -0.15) is 0 Å². The van der Waals surface area contributed by atoms with Crippen LogP contribution in [0.5, 0.6) is 0 Å². The van der Waals surface area contributed by atoms with Gasteiger partial charge in [-0.05, 0) is 17.0 Å². The van der Waals surface area contributed by atoms with Gasteiger partial charge in [0.15, 0.2) is 0 Å². The molecule has 0 N–H and O–H groups in total. The van der Waals surface area contributed by atoms with Crippen LogP contribution in [-0.2, 0) is 4.79 Å². The summed E-state index contributed by atoms with van der Waals surface area (Å²) in [7, 11) is 0. The third-order valence-corrected chi connectivity index (χ3v) is 0.803. The molecule has 0 aliphatic heterocycles. The first-order valence-corrected chi connectivity index (χ1v) is 2.98. The summed E-state index contributed by atoms with van der Waals surface area (Å²) in [4.78, 5) is 10.2. The average Bonchev–Trinajstić information content (AvgIpc) is 1.21. The fourth-order valence-corrected chi connectivity index (χ4v) is 0.818. The van der Waals surface area contributed by atoms with Gasteiger partial charge in [-0.25, -0.2) is 0 Å². The summed E-state index contributed by atoms with van der Waals surface area (Å²) in [6.07, 6.45) is 0.453. The maximum atomic E-state index is 10.2. The van der Waals surface area contributed by atoms with E-state index in [1.165, 1.54) is 0 Å². The van der Waals surface area contributed by atoms with E-state index in [1.807, 2.05) is 20.8 Å². The molecule has 0 aliphatic carbocycles. The average molecular weight is 171 g/mol. The highest BCUT2D eigenvalue weighted by Crippen LogP contribution is 2.19. The van der Waals surface area contributed by atoms with Gasteiger partial charge >= 0.3 is 0 Å². The Morgan fingerprint density at radius 3 is 1.78 bits per heavy atom. The third kappa shape index (κ3) is 11.7. The lowest BCUT2D eigenvalue weighted by Crippen LogP contribution is -2.08. The molecule has 0 heterocycles. The molecule has 9 heavy (non-hydrogen) atoms. The fourth-order valence-electron chi connectivity index (χ4n) is 0.417. The molecule has 0 spiro atoms. The quantitative estimate of drug-likeness (QED) is 0.554. The zero-order valence-electron chi connectivity index (χ0n) is 5.90. The molecule has 0 aromatic heterocycles. The molecule has 0 aromatic carbocycles. The normalized spacial score (nSPS) is 10.2. The van der Waals surface area contributed by atoms with Crippen molar-refractivity contribution in [2.75, 3.05) is 0 Å². The second kappa shape index (κ2) is 4.13. The molecular formula is C6H12Cl2O. The Balaban J connectivity index is 0. The molecule has 0 fully saturated rings. The van der Waals surface area contributed by atoms with E-state index in [2.05, 4.69) is 0 Å². The molecule has 3 heteroatoms. The zero-order chi connectivity index (χ0) is 6.78. The van der Waals surface area contributed by atoms with Gasteiger partial charge in [-0.1, -0.05) is 20.8 Å².